The van der Waals surface area contributed by atoms with Crippen molar-refractivity contribution in [3.63, 3.8) is 0 Å². The van der Waals surface area contributed by atoms with Crippen LogP contribution >= 0.6 is 0 Å². The van der Waals surface area contributed by atoms with E-state index in [2.05, 4.69) is 9.72 Å². The quantitative estimate of drug-likeness (QED) is 0.506. The van der Waals surface area contributed by atoms with E-state index in [0.29, 0.717) is 0 Å². The highest BCUT2D eigenvalue weighted by Gasteiger charge is 2.21. The molecule has 18 heavy (non-hydrogen) atoms. The zero-order valence-corrected chi connectivity index (χ0v) is 10.0. The molecule has 6 N–H and O–H groups in total. The predicted molar refractivity (Wildman–Crippen MR) is 64.6 cm³/mol. The predicted octanol–water partition coefficient (Wildman–Crippen LogP) is -0.806. The van der Waals surface area contributed by atoms with Crippen molar-refractivity contribution in [2.45, 2.75) is 18.6 Å². The standard InChI is InChI=1S/C11H17N3O4/c1-18-11(17)7-4-6(5-14-10(7)13)9(16)8(15)2-3-12/h4-5,8-9,15-16H,2-3,12H2,1H3,(H2,13,14). The SMILES string of the molecule is COC(=O)c1cc(C(O)C(O)CCN)cnc1N. The number of nitrogen functional groups attached to an aromatic ring is 1. The second-order valence-electron chi connectivity index (χ2n) is 3.78. The molecule has 0 aliphatic carbocycles. The van der Waals surface area contributed by atoms with Crippen molar-refractivity contribution >= 4 is 11.8 Å². The number of aromatic nitrogens is 1. The van der Waals surface area contributed by atoms with Crippen LogP contribution in [0.1, 0.15) is 28.4 Å². The molecular weight excluding hydrogens is 238 g/mol. The van der Waals surface area contributed by atoms with Gasteiger partial charge in [0, 0.05) is 11.8 Å². The normalized spacial score (nSPS) is 14.0. The van der Waals surface area contributed by atoms with Crippen LogP contribution in [0.5, 0.6) is 0 Å². The summed E-state index contributed by atoms with van der Waals surface area (Å²) in [7, 11) is 1.22. The molecule has 1 rings (SSSR count). The van der Waals surface area contributed by atoms with Crippen LogP contribution in [0.3, 0.4) is 0 Å². The average Bonchev–Trinajstić information content (AvgIpc) is 2.38. The Bertz CT molecular complexity index is 425. The molecule has 1 heterocycles. The van der Waals surface area contributed by atoms with Crippen molar-refractivity contribution < 1.29 is 19.7 Å². The molecule has 0 aromatic carbocycles. The highest BCUT2D eigenvalue weighted by atomic mass is 16.5. The van der Waals surface area contributed by atoms with Gasteiger partial charge >= 0.3 is 5.97 Å². The second kappa shape index (κ2) is 6.29. The highest BCUT2D eigenvalue weighted by Crippen LogP contribution is 2.21. The number of esters is 1. The molecule has 7 heteroatoms. The Balaban J connectivity index is 3.00. The molecule has 0 bridgehead atoms. The van der Waals surface area contributed by atoms with Crippen molar-refractivity contribution in [2.75, 3.05) is 19.4 Å². The number of hydrogen-bond donors (Lipinski definition) is 4. The van der Waals surface area contributed by atoms with Gasteiger partial charge in [0.2, 0.25) is 0 Å². The molecule has 0 saturated carbocycles. The molecule has 7 nitrogen and oxygen atoms in total. The van der Waals surface area contributed by atoms with Gasteiger partial charge in [-0.2, -0.15) is 0 Å². The fraction of sp³-hybridized carbons (Fsp3) is 0.455. The summed E-state index contributed by atoms with van der Waals surface area (Å²) in [5.41, 5.74) is 11.1. The molecule has 0 aliphatic heterocycles. The number of carbonyl (C=O) groups excluding carboxylic acids is 1. The van der Waals surface area contributed by atoms with E-state index in [1.54, 1.807) is 0 Å². The molecule has 0 amide bonds. The van der Waals surface area contributed by atoms with Crippen molar-refractivity contribution in [1.29, 1.82) is 0 Å². The number of methoxy groups -OCH3 is 1. The number of carbonyl (C=O) groups is 1. The van der Waals surface area contributed by atoms with Crippen LogP contribution in [0.25, 0.3) is 0 Å². The first-order chi connectivity index (χ1) is 8.51. The zero-order valence-electron chi connectivity index (χ0n) is 10.0. The zero-order chi connectivity index (χ0) is 13.7. The Morgan fingerprint density at radius 1 is 1.56 bits per heavy atom. The summed E-state index contributed by atoms with van der Waals surface area (Å²) in [6.45, 7) is 0.241. The summed E-state index contributed by atoms with van der Waals surface area (Å²) in [6, 6.07) is 1.35. The minimum absolute atomic E-state index is 0.00566. The Morgan fingerprint density at radius 2 is 2.22 bits per heavy atom. The summed E-state index contributed by atoms with van der Waals surface area (Å²) < 4.78 is 4.54. The number of aliphatic hydroxyl groups excluding tert-OH is 2. The Morgan fingerprint density at radius 3 is 2.78 bits per heavy atom. The maximum absolute atomic E-state index is 11.4. The van der Waals surface area contributed by atoms with Gasteiger partial charge in [0.25, 0.3) is 0 Å². The van der Waals surface area contributed by atoms with E-state index in [4.69, 9.17) is 11.5 Å². The Hall–Kier alpha value is -1.70. The van der Waals surface area contributed by atoms with Gasteiger partial charge < -0.3 is 26.4 Å². The molecule has 100 valence electrons. The molecule has 0 aliphatic rings. The van der Waals surface area contributed by atoms with Gasteiger partial charge in [-0.25, -0.2) is 9.78 Å². The van der Waals surface area contributed by atoms with E-state index in [-0.39, 0.29) is 29.9 Å². The lowest BCUT2D eigenvalue weighted by Crippen LogP contribution is -2.22. The van der Waals surface area contributed by atoms with Crippen LogP contribution in [0.2, 0.25) is 0 Å². The first-order valence-electron chi connectivity index (χ1n) is 5.41. The van der Waals surface area contributed by atoms with Crippen molar-refractivity contribution in [3.8, 4) is 0 Å². The van der Waals surface area contributed by atoms with E-state index in [9.17, 15) is 15.0 Å². The van der Waals surface area contributed by atoms with Gasteiger partial charge in [-0.05, 0) is 19.0 Å². The number of nitrogens with two attached hydrogens (primary N) is 2. The second-order valence-corrected chi connectivity index (χ2v) is 3.78. The Kier molecular flexibility index (Phi) is 5.02. The maximum Gasteiger partial charge on any atom is 0.341 e. The molecule has 0 saturated heterocycles. The highest BCUT2D eigenvalue weighted by molar-refractivity contribution is 5.94. The summed E-state index contributed by atoms with van der Waals surface area (Å²) >= 11 is 0. The largest absolute Gasteiger partial charge is 0.465 e. The number of hydrogen-bond acceptors (Lipinski definition) is 7. The molecule has 2 atom stereocenters. The molecule has 1 aromatic heterocycles. The first kappa shape index (κ1) is 14.4. The van der Waals surface area contributed by atoms with Crippen LogP contribution in [-0.2, 0) is 4.74 Å². The number of rotatable bonds is 5. The van der Waals surface area contributed by atoms with E-state index in [1.807, 2.05) is 0 Å². The molecular formula is C11H17N3O4. The minimum atomic E-state index is -1.18. The van der Waals surface area contributed by atoms with E-state index >= 15 is 0 Å². The first-order valence-corrected chi connectivity index (χ1v) is 5.41. The van der Waals surface area contributed by atoms with Gasteiger partial charge in [0.15, 0.2) is 0 Å². The topological polar surface area (TPSA) is 132 Å². The monoisotopic (exact) mass is 255 g/mol. The van der Waals surface area contributed by atoms with Gasteiger partial charge in [0.1, 0.15) is 17.5 Å². The van der Waals surface area contributed by atoms with Gasteiger partial charge in [-0.15, -0.1) is 0 Å². The molecule has 0 radical (unpaired) electrons. The number of ether oxygens (including phenoxy) is 1. The minimum Gasteiger partial charge on any atom is -0.465 e. The fourth-order valence-electron chi connectivity index (χ4n) is 1.48. The van der Waals surface area contributed by atoms with Crippen LogP contribution in [0.15, 0.2) is 12.3 Å². The van der Waals surface area contributed by atoms with E-state index in [0.717, 1.165) is 0 Å². The smallest absolute Gasteiger partial charge is 0.341 e. The van der Waals surface area contributed by atoms with Crippen molar-refractivity contribution in [1.82, 2.24) is 4.98 Å². The number of aliphatic hydroxyl groups is 2. The third-order valence-electron chi connectivity index (χ3n) is 2.51. The van der Waals surface area contributed by atoms with Gasteiger partial charge in [0.05, 0.1) is 13.2 Å². The molecule has 2 unspecified atom stereocenters. The molecule has 0 fully saturated rings. The average molecular weight is 255 g/mol. The van der Waals surface area contributed by atoms with Crippen molar-refractivity contribution in [2.24, 2.45) is 5.73 Å². The third kappa shape index (κ3) is 3.16. The fourth-order valence-corrected chi connectivity index (χ4v) is 1.48. The number of anilines is 1. The van der Waals surface area contributed by atoms with Crippen molar-refractivity contribution in [3.05, 3.63) is 23.4 Å². The Labute approximate surface area is 104 Å². The number of nitrogens with zero attached hydrogens (tertiary/aromatic N) is 1. The maximum atomic E-state index is 11.4. The van der Waals surface area contributed by atoms with Crippen LogP contribution < -0.4 is 11.5 Å². The lowest BCUT2D eigenvalue weighted by molar-refractivity contribution is 0.0147. The van der Waals surface area contributed by atoms with Crippen LogP contribution in [-0.4, -0.2) is 40.9 Å². The third-order valence-corrected chi connectivity index (χ3v) is 2.51. The van der Waals surface area contributed by atoms with Gasteiger partial charge in [-0.3, -0.25) is 0 Å². The lowest BCUT2D eigenvalue weighted by Gasteiger charge is -2.17. The van der Waals surface area contributed by atoms with Crippen LogP contribution in [0.4, 0.5) is 5.82 Å². The lowest BCUT2D eigenvalue weighted by atomic mass is 10.0. The van der Waals surface area contributed by atoms with Gasteiger partial charge in [-0.1, -0.05) is 0 Å². The summed E-state index contributed by atoms with van der Waals surface area (Å²) in [5, 5.41) is 19.5. The number of pyridine rings is 1. The molecule has 0 spiro atoms. The van der Waals surface area contributed by atoms with E-state index < -0.39 is 18.2 Å². The van der Waals surface area contributed by atoms with Crippen LogP contribution in [0, 0.1) is 0 Å². The summed E-state index contributed by atoms with van der Waals surface area (Å²) in [5.74, 6) is -0.645. The summed E-state index contributed by atoms with van der Waals surface area (Å²) in [4.78, 5) is 15.2. The summed E-state index contributed by atoms with van der Waals surface area (Å²) in [6.07, 6.45) is -0.665. The van der Waals surface area contributed by atoms with E-state index in [1.165, 1.54) is 19.4 Å². The molecule has 1 aromatic rings.